The van der Waals surface area contributed by atoms with E-state index in [1.54, 1.807) is 0 Å². The summed E-state index contributed by atoms with van der Waals surface area (Å²) in [4.78, 5) is 0. The molecule has 39 valence electrons. The zero-order chi connectivity index (χ0) is 5.15. The fraction of sp³-hybridized carbons (Fsp3) is 0. The van der Waals surface area contributed by atoms with Crippen LogP contribution in [0, 0.1) is 0 Å². The van der Waals surface area contributed by atoms with Gasteiger partial charge in [-0.05, 0) is 0 Å². The first kappa shape index (κ1) is 10.6. The molecule has 0 atom stereocenters. The Morgan fingerprint density at radius 2 is 1.29 bits per heavy atom. The van der Waals surface area contributed by atoms with Crippen LogP contribution in [0.5, 0.6) is 0 Å². The van der Waals surface area contributed by atoms with Crippen molar-refractivity contribution in [1.29, 1.82) is 0 Å². The molecule has 0 bridgehead atoms. The molecule has 0 rings (SSSR count). The van der Waals surface area contributed by atoms with Crippen molar-refractivity contribution in [1.82, 2.24) is 0 Å². The topological polar surface area (TPSA) is 0 Å². The summed E-state index contributed by atoms with van der Waals surface area (Å²) in [6, 6.07) is 0. The minimum absolute atomic E-state index is 0. The molecule has 0 N–H and O–H groups in total. The predicted octanol–water partition coefficient (Wildman–Crippen LogP) is 2.15. The molecule has 0 fully saturated rings. The normalized spacial score (nSPS) is 7.00. The molecule has 0 aliphatic rings. The van der Waals surface area contributed by atoms with Gasteiger partial charge in [0.05, 0.1) is 0 Å². The van der Waals surface area contributed by atoms with Gasteiger partial charge in [-0.25, -0.2) is 0 Å². The van der Waals surface area contributed by atoms with Crippen LogP contribution in [0.4, 0.5) is 13.2 Å². The van der Waals surface area contributed by atoms with E-state index >= 15 is 0 Å². The molecule has 0 radical (unpaired) electrons. The second-order valence-corrected chi connectivity index (χ2v) is 1.97. The van der Waals surface area contributed by atoms with Gasteiger partial charge in [-0.15, -0.1) is 17.0 Å². The average Bonchev–Trinajstić information content (AvgIpc) is 1.36. The Morgan fingerprint density at radius 3 is 1.29 bits per heavy atom. The molecule has 0 aromatic heterocycles. The Morgan fingerprint density at radius 1 is 1.14 bits per heavy atom. The summed E-state index contributed by atoms with van der Waals surface area (Å²) >= 11 is -0.0949. The minimum atomic E-state index is -2.19. The quantitative estimate of drug-likeness (QED) is 0.556. The molecule has 5 heteroatoms. The molecule has 0 aromatic carbocycles. The van der Waals surface area contributed by atoms with Crippen LogP contribution < -0.4 is 0 Å². The Bertz CT molecular complexity index is 63.0. The Hall–Kier alpha value is 0.633. The van der Waals surface area contributed by atoms with Crippen molar-refractivity contribution in [2.75, 3.05) is 0 Å². The second-order valence-electron chi connectivity index (χ2n) is 0.665. The summed E-state index contributed by atoms with van der Waals surface area (Å²) in [5, 5.41) is 0. The standard InChI is InChI=1S/C2F3.BrH.Zn/c3-1-2(4)5;;/h;1H;. The molecule has 0 spiro atoms. The van der Waals surface area contributed by atoms with Crippen molar-refractivity contribution < 1.29 is 31.5 Å². The molecule has 7 heavy (non-hydrogen) atoms. The second kappa shape index (κ2) is 4.78. The summed E-state index contributed by atoms with van der Waals surface area (Å²) in [5.41, 5.74) is 0. The van der Waals surface area contributed by atoms with Gasteiger partial charge in [0.25, 0.3) is 0 Å². The molecule has 0 amide bonds. The van der Waals surface area contributed by atoms with Crippen LogP contribution in [0.1, 0.15) is 0 Å². The SMILES string of the molecule is Br.FC(F)=[C](F)[Zn]. The van der Waals surface area contributed by atoms with Gasteiger partial charge < -0.3 is 0 Å². The van der Waals surface area contributed by atoms with Crippen LogP contribution in [0.25, 0.3) is 0 Å². The molecular weight excluding hydrogens is 226 g/mol. The van der Waals surface area contributed by atoms with Gasteiger partial charge in [0.15, 0.2) is 0 Å². The number of hydrogen-bond acceptors (Lipinski definition) is 0. The molecule has 0 saturated carbocycles. The molecule has 0 aliphatic carbocycles. The first-order chi connectivity index (χ1) is 2.64. The third kappa shape index (κ3) is 6.63. The maximum absolute atomic E-state index is 11.0. The van der Waals surface area contributed by atoms with Gasteiger partial charge in [0.1, 0.15) is 0 Å². The summed E-state index contributed by atoms with van der Waals surface area (Å²) in [6.07, 6.45) is -2.19. The van der Waals surface area contributed by atoms with Gasteiger partial charge in [0.2, 0.25) is 0 Å². The van der Waals surface area contributed by atoms with Crippen molar-refractivity contribution in [2.45, 2.75) is 0 Å². The maximum atomic E-state index is 11.0. The number of halogens is 4. The molecule has 0 nitrogen and oxygen atoms in total. The van der Waals surface area contributed by atoms with E-state index in [4.69, 9.17) is 0 Å². The van der Waals surface area contributed by atoms with Gasteiger partial charge in [-0.1, -0.05) is 0 Å². The number of rotatable bonds is 0. The van der Waals surface area contributed by atoms with Crippen molar-refractivity contribution in [2.24, 2.45) is 0 Å². The van der Waals surface area contributed by atoms with Crippen LogP contribution in [-0.4, -0.2) is 0 Å². The zero-order valence-electron chi connectivity index (χ0n) is 3.25. The molecule has 0 heterocycles. The van der Waals surface area contributed by atoms with E-state index in [1.807, 2.05) is 0 Å². The Labute approximate surface area is 59.2 Å². The van der Waals surface area contributed by atoms with Gasteiger partial charge >= 0.3 is 42.0 Å². The third-order valence-corrected chi connectivity index (χ3v) is 0.766. The van der Waals surface area contributed by atoms with Crippen LogP contribution in [0.2, 0.25) is 0 Å². The van der Waals surface area contributed by atoms with Crippen molar-refractivity contribution >= 4 is 17.0 Å². The number of hydrogen-bond donors (Lipinski definition) is 0. The molecule has 0 aromatic rings. The summed E-state index contributed by atoms with van der Waals surface area (Å²) in [6.45, 7) is 0. The first-order valence-electron chi connectivity index (χ1n) is 1.17. The fourth-order valence-corrected chi connectivity index (χ4v) is 0. The summed E-state index contributed by atoms with van der Waals surface area (Å²) < 4.78 is 31.1. The van der Waals surface area contributed by atoms with Crippen LogP contribution in [0.3, 0.4) is 0 Å². The fourth-order valence-electron chi connectivity index (χ4n) is 0. The predicted molar refractivity (Wildman–Crippen MR) is 20.7 cm³/mol. The van der Waals surface area contributed by atoms with Gasteiger partial charge in [-0.2, -0.15) is 0 Å². The van der Waals surface area contributed by atoms with E-state index in [0.717, 1.165) is 0 Å². The Kier molecular flexibility index (Phi) is 7.23. The van der Waals surface area contributed by atoms with Crippen molar-refractivity contribution in [3.8, 4) is 0 Å². The van der Waals surface area contributed by atoms with Crippen molar-refractivity contribution in [3.05, 3.63) is 10.5 Å². The average molecular weight is 227 g/mol. The van der Waals surface area contributed by atoms with Gasteiger partial charge in [0, 0.05) is 0 Å². The van der Waals surface area contributed by atoms with E-state index < -0.39 is 10.5 Å². The summed E-state index contributed by atoms with van der Waals surface area (Å²) in [5.74, 6) is 0. The molecule has 0 unspecified atom stereocenters. The van der Waals surface area contributed by atoms with Crippen molar-refractivity contribution in [3.63, 3.8) is 0 Å². The van der Waals surface area contributed by atoms with E-state index in [-0.39, 0.29) is 35.3 Å². The van der Waals surface area contributed by atoms with Crippen LogP contribution in [-0.2, 0) is 18.3 Å². The van der Waals surface area contributed by atoms with Crippen LogP contribution >= 0.6 is 17.0 Å². The van der Waals surface area contributed by atoms with E-state index in [0.29, 0.717) is 0 Å². The monoisotopic (exact) mass is 225 g/mol. The Balaban J connectivity index is 0. The molecule has 0 aliphatic heterocycles. The van der Waals surface area contributed by atoms with Gasteiger partial charge in [-0.3, -0.25) is 0 Å². The van der Waals surface area contributed by atoms with Crippen LogP contribution in [0.15, 0.2) is 10.5 Å². The first-order valence-corrected chi connectivity index (χ1v) is 2.65. The van der Waals surface area contributed by atoms with E-state index in [2.05, 4.69) is 0 Å². The summed E-state index contributed by atoms with van der Waals surface area (Å²) in [7, 11) is 0. The zero-order valence-corrected chi connectivity index (χ0v) is 7.93. The molecule has 0 saturated heterocycles. The molecular formula is C2HBrF3Zn. The third-order valence-electron chi connectivity index (χ3n) is 0.205. The van der Waals surface area contributed by atoms with E-state index in [1.165, 1.54) is 0 Å². The van der Waals surface area contributed by atoms with E-state index in [9.17, 15) is 13.2 Å².